The van der Waals surface area contributed by atoms with Gasteiger partial charge in [0.15, 0.2) is 0 Å². The van der Waals surface area contributed by atoms with Crippen LogP contribution in [0.25, 0.3) is 0 Å². The Balaban J connectivity index is 5.86. The molecule has 1 amide bonds. The molecule has 0 aliphatic carbocycles. The second kappa shape index (κ2) is 9.25. The molecule has 0 radical (unpaired) electrons. The molecule has 0 aromatic carbocycles. The third-order valence-electron chi connectivity index (χ3n) is 3.09. The van der Waals surface area contributed by atoms with Crippen LogP contribution in [-0.2, 0) is 29.2 Å². The molecule has 0 aromatic heterocycles. The average Bonchev–Trinajstić information content (AvgIpc) is 2.55. The van der Waals surface area contributed by atoms with Crippen molar-refractivity contribution in [3.8, 4) is 0 Å². The molecule has 8 nitrogen and oxygen atoms in total. The van der Waals surface area contributed by atoms with Gasteiger partial charge >= 0.3 is 45.1 Å². The van der Waals surface area contributed by atoms with Crippen molar-refractivity contribution in [1.29, 1.82) is 0 Å². The highest BCUT2D eigenvalue weighted by Gasteiger charge is 2.68. The SMILES string of the molecule is C=CC(=O)OC(OCCC(F)(F)C(F)(F)S(=O)(=O)O)(C(=O)NCCC)C(F)(F)F. The lowest BCUT2D eigenvalue weighted by Gasteiger charge is -2.33. The molecule has 2 N–H and O–H groups in total. The fourth-order valence-corrected chi connectivity index (χ4v) is 2.08. The van der Waals surface area contributed by atoms with Gasteiger partial charge in [-0.15, -0.1) is 0 Å². The Kier molecular flexibility index (Phi) is 8.63. The Bertz CT molecular complexity index is 724. The van der Waals surface area contributed by atoms with Crippen LogP contribution in [0.15, 0.2) is 12.7 Å². The molecule has 0 aliphatic heterocycles. The zero-order valence-corrected chi connectivity index (χ0v) is 15.4. The third kappa shape index (κ3) is 6.02. The molecule has 0 fully saturated rings. The fraction of sp³-hybridized carbons (Fsp3) is 0.692. The molecular weight excluding hydrogens is 447 g/mol. The van der Waals surface area contributed by atoms with Crippen LogP contribution >= 0.6 is 0 Å². The lowest BCUT2D eigenvalue weighted by molar-refractivity contribution is -0.349. The van der Waals surface area contributed by atoms with E-state index in [-0.39, 0.29) is 12.5 Å². The molecule has 29 heavy (non-hydrogen) atoms. The highest BCUT2D eigenvalue weighted by atomic mass is 32.2. The summed E-state index contributed by atoms with van der Waals surface area (Å²) in [6.07, 6.45) is -8.01. The Morgan fingerprint density at radius 1 is 1.14 bits per heavy atom. The predicted molar refractivity (Wildman–Crippen MR) is 80.4 cm³/mol. The molecule has 0 saturated heterocycles. The van der Waals surface area contributed by atoms with E-state index >= 15 is 0 Å². The number of hydrogen-bond acceptors (Lipinski definition) is 6. The summed E-state index contributed by atoms with van der Waals surface area (Å²) in [6, 6.07) is 0. The molecular formula is C13H16F7NO7S. The monoisotopic (exact) mass is 463 g/mol. The molecule has 1 unspecified atom stereocenters. The van der Waals surface area contributed by atoms with Crippen LogP contribution < -0.4 is 5.32 Å². The summed E-state index contributed by atoms with van der Waals surface area (Å²) in [4.78, 5) is 23.1. The maximum absolute atomic E-state index is 13.4. The van der Waals surface area contributed by atoms with Crippen LogP contribution in [0.5, 0.6) is 0 Å². The lowest BCUT2D eigenvalue weighted by atomic mass is 10.2. The highest BCUT2D eigenvalue weighted by molar-refractivity contribution is 7.87. The van der Waals surface area contributed by atoms with Gasteiger partial charge < -0.3 is 14.8 Å². The molecule has 0 aromatic rings. The van der Waals surface area contributed by atoms with E-state index in [2.05, 4.69) is 16.1 Å². The van der Waals surface area contributed by atoms with E-state index < -0.39 is 64.7 Å². The van der Waals surface area contributed by atoms with Crippen LogP contribution in [0.2, 0.25) is 0 Å². The molecule has 0 aliphatic rings. The highest BCUT2D eigenvalue weighted by Crippen LogP contribution is 2.42. The van der Waals surface area contributed by atoms with Gasteiger partial charge in [-0.1, -0.05) is 13.5 Å². The Labute approximate surface area is 159 Å². The number of amides is 1. The van der Waals surface area contributed by atoms with Crippen LogP contribution in [0, 0.1) is 0 Å². The standard InChI is InChI=1S/C13H16F7NO7S/c1-3-6-21-9(23)11(12(16,17)18,28-8(22)4-2)27-7-5-10(14,15)13(19,20)29(24,25)26/h4H,2-3,5-7H2,1H3,(H,21,23)(H,24,25,26). The Morgan fingerprint density at radius 2 is 1.66 bits per heavy atom. The third-order valence-corrected chi connectivity index (χ3v) is 4.04. The quantitative estimate of drug-likeness (QED) is 0.158. The van der Waals surface area contributed by atoms with Crippen molar-refractivity contribution in [1.82, 2.24) is 5.32 Å². The first-order valence-electron chi connectivity index (χ1n) is 7.46. The van der Waals surface area contributed by atoms with Gasteiger partial charge in [-0.05, 0) is 6.42 Å². The van der Waals surface area contributed by atoms with E-state index in [0.717, 1.165) is 0 Å². The lowest BCUT2D eigenvalue weighted by Crippen LogP contribution is -2.62. The van der Waals surface area contributed by atoms with Crippen LogP contribution in [0.1, 0.15) is 19.8 Å². The van der Waals surface area contributed by atoms with Gasteiger partial charge in [0.2, 0.25) is 0 Å². The summed E-state index contributed by atoms with van der Waals surface area (Å²) in [7, 11) is -6.64. The maximum Gasteiger partial charge on any atom is 0.466 e. The van der Waals surface area contributed by atoms with Gasteiger partial charge in [0.1, 0.15) is 0 Å². The minimum atomic E-state index is -6.64. The molecule has 170 valence electrons. The van der Waals surface area contributed by atoms with Gasteiger partial charge in [0.05, 0.1) is 6.61 Å². The summed E-state index contributed by atoms with van der Waals surface area (Å²) in [6.45, 7) is 1.76. The topological polar surface area (TPSA) is 119 Å². The number of carbonyl (C=O) groups excluding carboxylic acids is 2. The smallest absolute Gasteiger partial charge is 0.412 e. The van der Waals surface area contributed by atoms with Crippen molar-refractivity contribution in [2.45, 2.75) is 42.9 Å². The first-order valence-corrected chi connectivity index (χ1v) is 8.90. The average molecular weight is 463 g/mol. The van der Waals surface area contributed by atoms with E-state index in [4.69, 9.17) is 4.55 Å². The minimum absolute atomic E-state index is 0.0910. The van der Waals surface area contributed by atoms with Gasteiger partial charge in [-0.25, -0.2) is 4.79 Å². The molecule has 0 bridgehead atoms. The van der Waals surface area contributed by atoms with E-state index in [1.807, 2.05) is 0 Å². The van der Waals surface area contributed by atoms with Crippen LogP contribution in [0.3, 0.4) is 0 Å². The number of hydrogen-bond donors (Lipinski definition) is 2. The second-order valence-electron chi connectivity index (χ2n) is 5.29. The number of nitrogens with one attached hydrogen (secondary N) is 1. The molecule has 0 saturated carbocycles. The van der Waals surface area contributed by atoms with Gasteiger partial charge in [-0.3, -0.25) is 9.35 Å². The summed E-state index contributed by atoms with van der Waals surface area (Å²) in [5.74, 6) is -14.2. The molecule has 16 heteroatoms. The minimum Gasteiger partial charge on any atom is -0.412 e. The van der Waals surface area contributed by atoms with E-state index in [0.29, 0.717) is 0 Å². The van der Waals surface area contributed by atoms with Gasteiger partial charge in [0, 0.05) is 19.0 Å². The predicted octanol–water partition coefficient (Wildman–Crippen LogP) is 2.02. The molecule has 0 rings (SSSR count). The fourth-order valence-electron chi connectivity index (χ4n) is 1.61. The van der Waals surface area contributed by atoms with Crippen molar-refractivity contribution in [2.24, 2.45) is 0 Å². The van der Waals surface area contributed by atoms with E-state index in [9.17, 15) is 48.7 Å². The van der Waals surface area contributed by atoms with Crippen LogP contribution in [0.4, 0.5) is 30.7 Å². The number of esters is 1. The largest absolute Gasteiger partial charge is 0.466 e. The Hall–Kier alpha value is -1.94. The zero-order chi connectivity index (χ0) is 23.3. The number of alkyl halides is 7. The van der Waals surface area contributed by atoms with Crippen molar-refractivity contribution in [3.63, 3.8) is 0 Å². The molecule has 0 heterocycles. The van der Waals surface area contributed by atoms with Gasteiger partial charge in [-0.2, -0.15) is 39.2 Å². The normalized spacial score (nSPS) is 15.3. The summed E-state index contributed by atoms with van der Waals surface area (Å²) < 4.78 is 130. The first kappa shape index (κ1) is 27.1. The number of carbonyl (C=O) groups is 2. The number of rotatable bonds is 11. The van der Waals surface area contributed by atoms with Crippen LogP contribution in [-0.4, -0.2) is 61.1 Å². The first-order chi connectivity index (χ1) is 12.9. The second-order valence-corrected chi connectivity index (χ2v) is 6.75. The summed E-state index contributed by atoms with van der Waals surface area (Å²) in [5, 5.41) is -4.43. The maximum atomic E-state index is 13.4. The Morgan fingerprint density at radius 3 is 2.03 bits per heavy atom. The van der Waals surface area contributed by atoms with E-state index in [1.165, 1.54) is 6.92 Å². The number of ether oxygens (including phenoxy) is 2. The van der Waals surface area contributed by atoms with Crippen molar-refractivity contribution in [2.75, 3.05) is 13.2 Å². The number of halogens is 7. The molecule has 1 atom stereocenters. The molecule has 0 spiro atoms. The van der Waals surface area contributed by atoms with Crippen molar-refractivity contribution >= 4 is 22.0 Å². The summed E-state index contributed by atoms with van der Waals surface area (Å²) in [5.41, 5.74) is 0. The van der Waals surface area contributed by atoms with E-state index in [1.54, 1.807) is 5.32 Å². The van der Waals surface area contributed by atoms with Gasteiger partial charge in [0.25, 0.3) is 0 Å². The van der Waals surface area contributed by atoms with Crippen molar-refractivity contribution in [3.05, 3.63) is 12.7 Å². The zero-order valence-electron chi connectivity index (χ0n) is 14.6. The summed E-state index contributed by atoms with van der Waals surface area (Å²) >= 11 is 0. The van der Waals surface area contributed by atoms with Crippen molar-refractivity contribution < 1.29 is 62.8 Å².